The molecule has 0 aromatic heterocycles. The molecule has 6 nitrogen and oxygen atoms in total. The van der Waals surface area contributed by atoms with Crippen LogP contribution in [0.5, 0.6) is 0 Å². The summed E-state index contributed by atoms with van der Waals surface area (Å²) in [4.78, 5) is 42.5. The van der Waals surface area contributed by atoms with Crippen molar-refractivity contribution in [3.05, 3.63) is 54.1 Å². The lowest BCUT2D eigenvalue weighted by atomic mass is 9.77. The molecule has 166 valence electrons. The average molecular weight is 432 g/mol. The minimum Gasteiger partial charge on any atom is -0.326 e. The molecule has 2 fully saturated rings. The van der Waals surface area contributed by atoms with Crippen LogP contribution in [-0.4, -0.2) is 30.8 Å². The van der Waals surface area contributed by atoms with Crippen molar-refractivity contribution in [3.63, 3.8) is 0 Å². The van der Waals surface area contributed by atoms with Crippen molar-refractivity contribution in [2.45, 2.75) is 44.9 Å². The molecule has 1 saturated carbocycles. The van der Waals surface area contributed by atoms with Gasteiger partial charge in [-0.25, -0.2) is 0 Å². The van der Waals surface area contributed by atoms with Crippen LogP contribution in [0, 0.1) is 11.8 Å². The summed E-state index contributed by atoms with van der Waals surface area (Å²) in [5, 5.41) is 3.04. The molecule has 5 rings (SSSR count). The fourth-order valence-electron chi connectivity index (χ4n) is 5.42. The molecule has 3 aliphatic rings. The van der Waals surface area contributed by atoms with Crippen molar-refractivity contribution >= 4 is 34.8 Å². The number of nitrogens with one attached hydrogen (secondary N) is 1. The Morgan fingerprint density at radius 2 is 1.69 bits per heavy atom. The van der Waals surface area contributed by atoms with Crippen molar-refractivity contribution in [3.8, 4) is 0 Å². The Balaban J connectivity index is 1.32. The molecule has 0 spiro atoms. The highest BCUT2D eigenvalue weighted by Gasteiger charge is 2.39. The van der Waals surface area contributed by atoms with E-state index < -0.39 is 0 Å². The van der Waals surface area contributed by atoms with Crippen molar-refractivity contribution in [1.29, 1.82) is 0 Å². The van der Waals surface area contributed by atoms with Gasteiger partial charge in [-0.1, -0.05) is 37.1 Å². The molecule has 0 radical (unpaired) electrons. The van der Waals surface area contributed by atoms with Gasteiger partial charge in [0.1, 0.15) is 0 Å². The predicted molar refractivity (Wildman–Crippen MR) is 125 cm³/mol. The number of fused-ring (bicyclic) bond motifs is 1. The lowest BCUT2D eigenvalue weighted by molar-refractivity contribution is -0.132. The summed E-state index contributed by atoms with van der Waals surface area (Å²) < 4.78 is 0. The summed E-state index contributed by atoms with van der Waals surface area (Å²) in [5.74, 6) is -0.525. The number of benzene rings is 2. The highest BCUT2D eigenvalue weighted by atomic mass is 16.2. The Bertz CT molecular complexity index is 1050. The van der Waals surface area contributed by atoms with E-state index in [-0.39, 0.29) is 29.6 Å². The number of amides is 3. The summed E-state index contributed by atoms with van der Waals surface area (Å²) >= 11 is 0. The summed E-state index contributed by atoms with van der Waals surface area (Å²) in [6.07, 6.45) is 5.71. The molecule has 1 N–H and O–H groups in total. The molecular weight excluding hydrogens is 402 g/mol. The maximum Gasteiger partial charge on any atom is 0.230 e. The maximum absolute atomic E-state index is 13.5. The zero-order valence-electron chi connectivity index (χ0n) is 18.3. The van der Waals surface area contributed by atoms with Crippen molar-refractivity contribution in [1.82, 2.24) is 0 Å². The van der Waals surface area contributed by atoms with Crippen LogP contribution < -0.4 is 15.1 Å². The average Bonchev–Trinajstić information content (AvgIpc) is 3.45. The monoisotopic (exact) mass is 431 g/mol. The zero-order chi connectivity index (χ0) is 22.1. The molecule has 2 aliphatic heterocycles. The molecular formula is C26H29N3O3. The van der Waals surface area contributed by atoms with Crippen LogP contribution in [0.4, 0.5) is 17.1 Å². The van der Waals surface area contributed by atoms with Crippen LogP contribution >= 0.6 is 0 Å². The van der Waals surface area contributed by atoms with Crippen LogP contribution in [-0.2, 0) is 20.8 Å². The lowest BCUT2D eigenvalue weighted by Gasteiger charge is -2.32. The third-order valence-electron chi connectivity index (χ3n) is 7.07. The Labute approximate surface area is 188 Å². The fraction of sp³-hybridized carbons (Fsp3) is 0.423. The van der Waals surface area contributed by atoms with Gasteiger partial charge in [-0.3, -0.25) is 14.4 Å². The second-order valence-corrected chi connectivity index (χ2v) is 9.05. The summed E-state index contributed by atoms with van der Waals surface area (Å²) in [5.41, 5.74) is 3.68. The highest BCUT2D eigenvalue weighted by molar-refractivity contribution is 6.02. The van der Waals surface area contributed by atoms with Gasteiger partial charge < -0.3 is 15.1 Å². The van der Waals surface area contributed by atoms with Gasteiger partial charge >= 0.3 is 0 Å². The topological polar surface area (TPSA) is 69.7 Å². The van der Waals surface area contributed by atoms with Crippen LogP contribution in [0.15, 0.2) is 48.5 Å². The Hall–Kier alpha value is -3.15. The van der Waals surface area contributed by atoms with Gasteiger partial charge in [0.05, 0.1) is 5.92 Å². The number of hydrogen-bond acceptors (Lipinski definition) is 3. The van der Waals surface area contributed by atoms with E-state index in [2.05, 4.69) is 11.4 Å². The number of nitrogens with zero attached hydrogens (tertiary/aromatic N) is 2. The van der Waals surface area contributed by atoms with Crippen molar-refractivity contribution in [2.24, 2.45) is 11.8 Å². The summed E-state index contributed by atoms with van der Waals surface area (Å²) in [6.45, 7) is 1.40. The molecule has 3 amide bonds. The SMILES string of the molecule is O=C(Nc1cccc(N2CCCC2=O)c1)C1CCCCC1C(=O)N1CCc2ccccc21. The minimum atomic E-state index is -0.332. The first-order valence-electron chi connectivity index (χ1n) is 11.7. The summed E-state index contributed by atoms with van der Waals surface area (Å²) in [6, 6.07) is 15.5. The van der Waals surface area contributed by atoms with Crippen molar-refractivity contribution < 1.29 is 14.4 Å². The van der Waals surface area contributed by atoms with Gasteiger partial charge in [-0.15, -0.1) is 0 Å². The van der Waals surface area contributed by atoms with Crippen LogP contribution in [0.3, 0.4) is 0 Å². The van der Waals surface area contributed by atoms with Gasteiger partial charge in [0.15, 0.2) is 0 Å². The third-order valence-corrected chi connectivity index (χ3v) is 7.07. The smallest absolute Gasteiger partial charge is 0.230 e. The molecule has 1 aliphatic carbocycles. The molecule has 2 atom stereocenters. The van der Waals surface area contributed by atoms with Gasteiger partial charge in [0.2, 0.25) is 17.7 Å². The van der Waals surface area contributed by atoms with Crippen LogP contribution in [0.1, 0.15) is 44.1 Å². The molecule has 1 saturated heterocycles. The molecule has 32 heavy (non-hydrogen) atoms. The van der Waals surface area contributed by atoms with E-state index in [9.17, 15) is 14.4 Å². The standard InChI is InChI=1S/C26H29N3O3/c30-24-13-6-15-28(24)20-9-5-8-19(17-20)27-25(31)21-10-2-3-11-22(21)26(32)29-16-14-18-7-1-4-12-23(18)29/h1,4-5,7-9,12,17,21-22H,2-3,6,10-11,13-16H2,(H,27,31). The number of para-hydroxylation sites is 1. The van der Waals surface area contributed by atoms with E-state index in [1.54, 1.807) is 4.90 Å². The van der Waals surface area contributed by atoms with Crippen LogP contribution in [0.2, 0.25) is 0 Å². The maximum atomic E-state index is 13.5. The van der Waals surface area contributed by atoms with Gasteiger partial charge in [-0.05, 0) is 55.5 Å². The first kappa shape index (κ1) is 20.7. The summed E-state index contributed by atoms with van der Waals surface area (Å²) in [7, 11) is 0. The molecule has 2 aromatic rings. The highest BCUT2D eigenvalue weighted by Crippen LogP contribution is 2.36. The fourth-order valence-corrected chi connectivity index (χ4v) is 5.42. The number of carbonyl (C=O) groups excluding carboxylic acids is 3. The largest absolute Gasteiger partial charge is 0.326 e. The number of hydrogen-bond donors (Lipinski definition) is 1. The van der Waals surface area contributed by atoms with Crippen LogP contribution in [0.25, 0.3) is 0 Å². The second-order valence-electron chi connectivity index (χ2n) is 9.05. The quantitative estimate of drug-likeness (QED) is 0.791. The van der Waals surface area contributed by atoms with E-state index in [1.165, 1.54) is 5.56 Å². The predicted octanol–water partition coefficient (Wildman–Crippen LogP) is 4.15. The minimum absolute atomic E-state index is 0.0752. The van der Waals surface area contributed by atoms with Gasteiger partial charge in [0, 0.05) is 42.5 Å². The Kier molecular flexibility index (Phi) is 5.68. The second kappa shape index (κ2) is 8.77. The number of carbonyl (C=O) groups is 3. The van der Waals surface area contributed by atoms with Gasteiger partial charge in [0.25, 0.3) is 0 Å². The lowest BCUT2D eigenvalue weighted by Crippen LogP contribution is -2.43. The van der Waals surface area contributed by atoms with E-state index >= 15 is 0 Å². The Morgan fingerprint density at radius 3 is 2.50 bits per heavy atom. The normalized spacial score (nSPS) is 22.7. The molecule has 2 aromatic carbocycles. The zero-order valence-corrected chi connectivity index (χ0v) is 18.3. The van der Waals surface area contributed by atoms with E-state index in [4.69, 9.17) is 0 Å². The van der Waals surface area contributed by atoms with Gasteiger partial charge in [-0.2, -0.15) is 0 Å². The Morgan fingerprint density at radius 1 is 0.875 bits per heavy atom. The van der Waals surface area contributed by atoms with E-state index in [0.29, 0.717) is 25.2 Å². The number of anilines is 3. The molecule has 6 heteroatoms. The first-order valence-corrected chi connectivity index (χ1v) is 11.7. The molecule has 0 bridgehead atoms. The third kappa shape index (κ3) is 3.90. The number of rotatable bonds is 4. The molecule has 2 unspecified atom stereocenters. The van der Waals surface area contributed by atoms with E-state index in [1.807, 2.05) is 47.4 Å². The molecule has 2 heterocycles. The van der Waals surface area contributed by atoms with Crippen molar-refractivity contribution in [2.75, 3.05) is 28.2 Å². The first-order chi connectivity index (χ1) is 15.6. The van der Waals surface area contributed by atoms with E-state index in [0.717, 1.165) is 49.9 Å².